The monoisotopic (exact) mass is 577 g/mol. The zero-order valence-electron chi connectivity index (χ0n) is 17.4. The maximum Gasteiger partial charge on any atom is 0.334 e. The number of carboxylic acid groups (broad SMARTS) is 1. The van der Waals surface area contributed by atoms with E-state index in [4.69, 9.17) is 0 Å². The van der Waals surface area contributed by atoms with Crippen molar-refractivity contribution >= 4 is 57.0 Å². The molecule has 3 unspecified atom stereocenters. The van der Waals surface area contributed by atoms with Gasteiger partial charge in [-0.2, -0.15) is 0 Å². The number of benzene rings is 2. The van der Waals surface area contributed by atoms with E-state index in [1.807, 2.05) is 52.9 Å². The second-order valence-corrected chi connectivity index (χ2v) is 9.80. The van der Waals surface area contributed by atoms with Crippen LogP contribution in [-0.2, 0) is 22.4 Å². The highest BCUT2D eigenvalue weighted by atomic mass is 127. The highest BCUT2D eigenvalue weighted by Gasteiger charge is 2.63. The standard InChI is InChI=1S/C23H20IN3O5S/c1-14(13-24)23(22(29)30,12-16-7-9-17(10-8-16)27(31)32)26-20(28)19-21(26)33-18(25-19)11-15-5-3-2-4-6-15/h2-10,19,21H,1,11-13H2,(H,29,30). The van der Waals surface area contributed by atoms with Crippen molar-refractivity contribution in [3.05, 3.63) is 88.0 Å². The summed E-state index contributed by atoms with van der Waals surface area (Å²) >= 11 is 3.46. The minimum absolute atomic E-state index is 0.0360. The van der Waals surface area contributed by atoms with Crippen molar-refractivity contribution in [3.8, 4) is 0 Å². The molecule has 10 heteroatoms. The van der Waals surface area contributed by atoms with Gasteiger partial charge in [-0.15, -0.1) is 0 Å². The minimum atomic E-state index is -1.67. The van der Waals surface area contributed by atoms with Crippen molar-refractivity contribution in [3.63, 3.8) is 0 Å². The van der Waals surface area contributed by atoms with Crippen molar-refractivity contribution in [2.24, 2.45) is 4.99 Å². The van der Waals surface area contributed by atoms with Crippen LogP contribution in [0.4, 0.5) is 5.69 Å². The van der Waals surface area contributed by atoms with Crippen molar-refractivity contribution in [1.82, 2.24) is 4.90 Å². The van der Waals surface area contributed by atoms with Gasteiger partial charge in [0.05, 0.1) is 9.97 Å². The van der Waals surface area contributed by atoms with Gasteiger partial charge in [0.15, 0.2) is 11.6 Å². The van der Waals surface area contributed by atoms with E-state index >= 15 is 0 Å². The fraction of sp³-hybridized carbons (Fsp3) is 0.261. The number of nitro benzene ring substituents is 1. The number of fused-ring (bicyclic) bond motifs is 1. The predicted molar refractivity (Wildman–Crippen MR) is 135 cm³/mol. The smallest absolute Gasteiger partial charge is 0.334 e. The summed E-state index contributed by atoms with van der Waals surface area (Å²) in [4.78, 5) is 42.3. The molecule has 8 nitrogen and oxygen atoms in total. The molecule has 2 aliphatic rings. The molecule has 0 radical (unpaired) electrons. The van der Waals surface area contributed by atoms with Crippen LogP contribution in [0.2, 0.25) is 0 Å². The number of alkyl halides is 1. The number of hydrogen-bond acceptors (Lipinski definition) is 6. The molecule has 2 aliphatic heterocycles. The molecule has 1 amide bonds. The molecule has 170 valence electrons. The summed E-state index contributed by atoms with van der Waals surface area (Å²) in [6.07, 6.45) is 0.543. The average Bonchev–Trinajstić information content (AvgIpc) is 3.17. The van der Waals surface area contributed by atoms with Crippen LogP contribution in [0.25, 0.3) is 0 Å². The Labute approximate surface area is 208 Å². The van der Waals surface area contributed by atoms with Crippen LogP contribution in [0.1, 0.15) is 11.1 Å². The van der Waals surface area contributed by atoms with Crippen LogP contribution >= 0.6 is 34.4 Å². The molecule has 0 aromatic heterocycles. The fourth-order valence-corrected chi connectivity index (χ4v) is 6.15. The molecule has 0 aliphatic carbocycles. The second kappa shape index (κ2) is 9.26. The van der Waals surface area contributed by atoms with Gasteiger partial charge in [0, 0.05) is 29.4 Å². The zero-order chi connectivity index (χ0) is 23.8. The summed E-state index contributed by atoms with van der Waals surface area (Å²) in [5.41, 5.74) is 0.269. The number of aliphatic carboxylic acids is 1. The topological polar surface area (TPSA) is 113 Å². The molecule has 1 saturated heterocycles. The number of nitro groups is 1. The van der Waals surface area contributed by atoms with E-state index in [-0.39, 0.29) is 18.0 Å². The third-order valence-electron chi connectivity index (χ3n) is 5.87. The Balaban J connectivity index is 1.63. The molecule has 3 atom stereocenters. The molecule has 4 rings (SSSR count). The van der Waals surface area contributed by atoms with Crippen LogP contribution < -0.4 is 0 Å². The van der Waals surface area contributed by atoms with E-state index in [1.54, 1.807) is 0 Å². The minimum Gasteiger partial charge on any atom is -0.479 e. The van der Waals surface area contributed by atoms with Gasteiger partial charge in [-0.05, 0) is 16.7 Å². The lowest BCUT2D eigenvalue weighted by atomic mass is 9.80. The van der Waals surface area contributed by atoms with E-state index in [0.29, 0.717) is 22.0 Å². The molecule has 2 aromatic carbocycles. The number of amides is 1. The first-order valence-electron chi connectivity index (χ1n) is 10.1. The van der Waals surface area contributed by atoms with E-state index in [2.05, 4.69) is 11.6 Å². The van der Waals surface area contributed by atoms with Crippen molar-refractivity contribution in [2.75, 3.05) is 4.43 Å². The molecule has 0 spiro atoms. The van der Waals surface area contributed by atoms with Crippen LogP contribution in [0.5, 0.6) is 0 Å². The highest BCUT2D eigenvalue weighted by molar-refractivity contribution is 14.1. The number of hydrogen-bond donors (Lipinski definition) is 1. The van der Waals surface area contributed by atoms with Gasteiger partial charge in [-0.1, -0.05) is 83.4 Å². The van der Waals surface area contributed by atoms with Gasteiger partial charge < -0.3 is 10.0 Å². The molecule has 0 bridgehead atoms. The largest absolute Gasteiger partial charge is 0.479 e. The van der Waals surface area contributed by atoms with Gasteiger partial charge in [-0.25, -0.2) is 4.79 Å². The van der Waals surface area contributed by atoms with Crippen LogP contribution in [0.15, 0.2) is 71.7 Å². The number of rotatable bonds is 9. The maximum atomic E-state index is 13.2. The molecule has 2 heterocycles. The number of carbonyl (C=O) groups is 2. The van der Waals surface area contributed by atoms with Crippen molar-refractivity contribution in [2.45, 2.75) is 29.8 Å². The second-order valence-electron chi connectivity index (χ2n) is 7.85. The fourth-order valence-electron chi connectivity index (χ4n) is 4.12. The molecule has 2 aromatic rings. The first-order valence-corrected chi connectivity index (χ1v) is 12.5. The Hall–Kier alpha value is -2.73. The molecular formula is C23H20IN3O5S. The first-order chi connectivity index (χ1) is 15.8. The third kappa shape index (κ3) is 4.17. The van der Waals surface area contributed by atoms with E-state index in [0.717, 1.165) is 10.6 Å². The summed E-state index contributed by atoms with van der Waals surface area (Å²) in [5, 5.41) is 21.7. The number of non-ortho nitro benzene ring substituents is 1. The summed E-state index contributed by atoms with van der Waals surface area (Å²) in [7, 11) is 0. The van der Waals surface area contributed by atoms with Gasteiger partial charge in [0.2, 0.25) is 0 Å². The Bertz CT molecular complexity index is 1150. The summed E-state index contributed by atoms with van der Waals surface area (Å²) in [6, 6.07) is 14.9. The highest BCUT2D eigenvalue weighted by Crippen LogP contribution is 2.47. The summed E-state index contributed by atoms with van der Waals surface area (Å²) in [5.74, 6) is -1.52. The lowest BCUT2D eigenvalue weighted by molar-refractivity contribution is -0.384. The molecule has 0 saturated carbocycles. The Kier molecular flexibility index (Phi) is 6.57. The number of likely N-dealkylation sites (tertiary alicyclic amines) is 1. The first kappa shape index (κ1) is 23.4. The number of halogens is 1. The van der Waals surface area contributed by atoms with Crippen LogP contribution in [0, 0.1) is 10.1 Å². The van der Waals surface area contributed by atoms with Crippen LogP contribution in [0.3, 0.4) is 0 Å². The predicted octanol–water partition coefficient (Wildman–Crippen LogP) is 3.88. The lowest BCUT2D eigenvalue weighted by Gasteiger charge is -2.52. The van der Waals surface area contributed by atoms with Crippen molar-refractivity contribution < 1.29 is 19.6 Å². The number of carbonyl (C=O) groups excluding carboxylic acids is 1. The number of carboxylic acids is 1. The lowest BCUT2D eigenvalue weighted by Crippen LogP contribution is -2.73. The number of aliphatic imine (C=N–C) groups is 1. The average molecular weight is 577 g/mol. The summed E-state index contributed by atoms with van der Waals surface area (Å²) < 4.78 is 0.334. The Morgan fingerprint density at radius 1 is 1.21 bits per heavy atom. The van der Waals surface area contributed by atoms with Crippen molar-refractivity contribution in [1.29, 1.82) is 0 Å². The SMILES string of the molecule is C=C(CI)C(Cc1ccc([N+](=O)[O-])cc1)(C(=O)O)N1C(=O)C2N=C(Cc3ccccc3)SC21. The maximum absolute atomic E-state index is 13.2. The molecule has 1 N–H and O–H groups in total. The van der Waals surface area contributed by atoms with E-state index < -0.39 is 27.8 Å². The van der Waals surface area contributed by atoms with Gasteiger partial charge in [0.1, 0.15) is 5.37 Å². The molecule has 33 heavy (non-hydrogen) atoms. The summed E-state index contributed by atoms with van der Waals surface area (Å²) in [6.45, 7) is 4.01. The third-order valence-corrected chi connectivity index (χ3v) is 8.02. The Morgan fingerprint density at radius 3 is 2.45 bits per heavy atom. The number of thioether (sulfide) groups is 1. The van der Waals surface area contributed by atoms with Gasteiger partial charge in [-0.3, -0.25) is 19.9 Å². The number of β-lactam (4-membered cyclic amide) rings is 1. The van der Waals surface area contributed by atoms with Gasteiger partial charge >= 0.3 is 5.97 Å². The van der Waals surface area contributed by atoms with E-state index in [1.165, 1.54) is 40.9 Å². The van der Waals surface area contributed by atoms with Crippen LogP contribution in [-0.4, -0.2) is 53.2 Å². The normalized spacial score (nSPS) is 20.9. The van der Waals surface area contributed by atoms with Gasteiger partial charge in [0.25, 0.3) is 11.6 Å². The molecular weight excluding hydrogens is 557 g/mol. The Morgan fingerprint density at radius 2 is 1.88 bits per heavy atom. The quantitative estimate of drug-likeness (QED) is 0.121. The zero-order valence-corrected chi connectivity index (χ0v) is 20.4. The van der Waals surface area contributed by atoms with E-state index in [9.17, 15) is 24.8 Å². The number of nitrogens with zero attached hydrogens (tertiary/aromatic N) is 3. The molecule has 1 fully saturated rings.